The van der Waals surface area contributed by atoms with E-state index in [0.29, 0.717) is 0 Å². The van der Waals surface area contributed by atoms with E-state index < -0.39 is 11.8 Å². The van der Waals surface area contributed by atoms with Crippen molar-refractivity contribution in [3.63, 3.8) is 0 Å². The molecule has 27 heavy (non-hydrogen) atoms. The Morgan fingerprint density at radius 1 is 1.11 bits per heavy atom. The van der Waals surface area contributed by atoms with E-state index in [1.54, 1.807) is 12.1 Å². The molecule has 3 rings (SSSR count). The van der Waals surface area contributed by atoms with Crippen molar-refractivity contribution >= 4 is 17.4 Å². The van der Waals surface area contributed by atoms with Crippen LogP contribution in [0.3, 0.4) is 0 Å². The fourth-order valence-electron chi connectivity index (χ4n) is 3.45. The fraction of sp³-hybridized carbons (Fsp3) is 0.273. The minimum Gasteiger partial charge on any atom is -0.457 e. The number of ether oxygens (including phenoxy) is 1. The van der Waals surface area contributed by atoms with E-state index in [0.717, 1.165) is 16.9 Å². The van der Waals surface area contributed by atoms with Crippen LogP contribution >= 0.6 is 0 Å². The maximum atomic E-state index is 13.6. The first kappa shape index (κ1) is 18.8. The van der Waals surface area contributed by atoms with Gasteiger partial charge >= 0.3 is 5.97 Å². The monoisotopic (exact) mass is 367 g/mol. The van der Waals surface area contributed by atoms with Crippen molar-refractivity contribution < 1.29 is 18.7 Å². The number of ketones is 1. The molecule has 4 nitrogen and oxygen atoms in total. The second kappa shape index (κ2) is 7.35. The molecule has 140 valence electrons. The summed E-state index contributed by atoms with van der Waals surface area (Å²) in [6.07, 6.45) is 1.32. The van der Waals surface area contributed by atoms with Crippen LogP contribution in [0.2, 0.25) is 0 Å². The van der Waals surface area contributed by atoms with Crippen molar-refractivity contribution in [1.82, 2.24) is 0 Å². The highest BCUT2D eigenvalue weighted by Gasteiger charge is 2.38. The highest BCUT2D eigenvalue weighted by Crippen LogP contribution is 2.46. The lowest BCUT2D eigenvalue weighted by molar-refractivity contribution is -0.146. The summed E-state index contributed by atoms with van der Waals surface area (Å²) >= 11 is 0. The minimum absolute atomic E-state index is 0.201. The van der Waals surface area contributed by atoms with Crippen LogP contribution in [0.4, 0.5) is 10.1 Å². The molecule has 0 saturated carbocycles. The number of carbonyl (C=O) groups is 2. The molecule has 1 aliphatic heterocycles. The normalized spacial score (nSPS) is 16.3. The fourth-order valence-corrected chi connectivity index (χ4v) is 3.45. The summed E-state index contributed by atoms with van der Waals surface area (Å²) < 4.78 is 18.6. The lowest BCUT2D eigenvalue weighted by Gasteiger charge is -2.23. The first-order valence-electron chi connectivity index (χ1n) is 8.78. The van der Waals surface area contributed by atoms with Crippen LogP contribution < -0.4 is 4.90 Å². The van der Waals surface area contributed by atoms with Crippen molar-refractivity contribution in [2.75, 3.05) is 18.6 Å². The molecule has 0 bridgehead atoms. The molecule has 0 aliphatic carbocycles. The molecule has 0 atom stereocenters. The number of hydrogen-bond acceptors (Lipinski definition) is 4. The number of halogens is 1. The van der Waals surface area contributed by atoms with E-state index in [1.165, 1.54) is 18.2 Å². The molecule has 0 N–H and O–H groups in total. The van der Waals surface area contributed by atoms with Gasteiger partial charge in [0.2, 0.25) is 0 Å². The molecule has 5 heteroatoms. The van der Waals surface area contributed by atoms with E-state index in [-0.39, 0.29) is 29.8 Å². The lowest BCUT2D eigenvalue weighted by atomic mass is 9.83. The average molecular weight is 367 g/mol. The zero-order chi connectivity index (χ0) is 19.6. The highest BCUT2D eigenvalue weighted by molar-refractivity contribution is 5.94. The highest BCUT2D eigenvalue weighted by atomic mass is 19.1. The number of nitrogens with zero attached hydrogens (tertiary/aromatic N) is 1. The molecule has 1 heterocycles. The van der Waals surface area contributed by atoms with Gasteiger partial charge in [-0.15, -0.1) is 0 Å². The molecule has 0 aromatic heterocycles. The molecule has 1 aliphatic rings. The third-order valence-electron chi connectivity index (χ3n) is 4.91. The molecule has 0 unspecified atom stereocenters. The zero-order valence-electron chi connectivity index (χ0n) is 15.7. The Kier molecular flexibility index (Phi) is 5.13. The Balaban J connectivity index is 1.65. The third-order valence-corrected chi connectivity index (χ3v) is 4.91. The standard InChI is InChI=1S/C22H22FNO3/c1-22(2)17-9-5-7-11-19(17)24(3)20(22)13-16(25)14-27-21(26)12-15-8-4-6-10-18(15)23/h4-11,13H,12,14H2,1-3H3. The predicted octanol–water partition coefficient (Wildman–Crippen LogP) is 3.79. The average Bonchev–Trinajstić information content (AvgIpc) is 2.83. The number of benzene rings is 2. The maximum absolute atomic E-state index is 13.6. The Hall–Kier alpha value is -2.95. The topological polar surface area (TPSA) is 46.6 Å². The number of para-hydroxylation sites is 1. The SMILES string of the molecule is CN1C(=CC(=O)COC(=O)Cc2ccccc2F)C(C)(C)c2ccccc21. The van der Waals surface area contributed by atoms with Gasteiger partial charge < -0.3 is 9.64 Å². The summed E-state index contributed by atoms with van der Waals surface area (Å²) in [5.41, 5.74) is 2.97. The van der Waals surface area contributed by atoms with Gasteiger partial charge in [-0.1, -0.05) is 50.2 Å². The molecule has 0 amide bonds. The van der Waals surface area contributed by atoms with Gasteiger partial charge in [0, 0.05) is 29.9 Å². The summed E-state index contributed by atoms with van der Waals surface area (Å²) in [6, 6.07) is 14.0. The molecule has 2 aromatic carbocycles. The van der Waals surface area contributed by atoms with E-state index in [1.807, 2.05) is 36.2 Å². The van der Waals surface area contributed by atoms with Crippen LogP contribution in [0, 0.1) is 5.82 Å². The number of fused-ring (bicyclic) bond motifs is 1. The predicted molar refractivity (Wildman–Crippen MR) is 102 cm³/mol. The number of esters is 1. The van der Waals surface area contributed by atoms with Gasteiger partial charge in [0.15, 0.2) is 12.4 Å². The second-order valence-electron chi connectivity index (χ2n) is 7.13. The van der Waals surface area contributed by atoms with Gasteiger partial charge in [0.1, 0.15) is 5.82 Å². The van der Waals surface area contributed by atoms with Crippen LogP contribution in [0.15, 0.2) is 60.3 Å². The van der Waals surface area contributed by atoms with Gasteiger partial charge in [-0.25, -0.2) is 4.39 Å². The van der Waals surface area contributed by atoms with Crippen LogP contribution in [-0.2, 0) is 26.2 Å². The quantitative estimate of drug-likeness (QED) is 0.596. The number of rotatable bonds is 5. The van der Waals surface area contributed by atoms with Crippen molar-refractivity contribution in [2.45, 2.75) is 25.7 Å². The van der Waals surface area contributed by atoms with Crippen LogP contribution in [0.1, 0.15) is 25.0 Å². The summed E-state index contributed by atoms with van der Waals surface area (Å²) in [5.74, 6) is -1.40. The van der Waals surface area contributed by atoms with E-state index >= 15 is 0 Å². The molecule has 0 saturated heterocycles. The third kappa shape index (κ3) is 3.77. The number of allylic oxidation sites excluding steroid dienone is 1. The van der Waals surface area contributed by atoms with Gasteiger partial charge in [-0.05, 0) is 23.3 Å². The largest absolute Gasteiger partial charge is 0.457 e. The van der Waals surface area contributed by atoms with Gasteiger partial charge in [-0.2, -0.15) is 0 Å². The Morgan fingerprint density at radius 2 is 1.78 bits per heavy atom. The van der Waals surface area contributed by atoms with E-state index in [2.05, 4.69) is 13.8 Å². The summed E-state index contributed by atoms with van der Waals surface area (Å²) in [4.78, 5) is 26.2. The summed E-state index contributed by atoms with van der Waals surface area (Å²) in [6.45, 7) is 3.74. The Morgan fingerprint density at radius 3 is 2.48 bits per heavy atom. The van der Waals surface area contributed by atoms with Crippen molar-refractivity contribution in [3.8, 4) is 0 Å². The molecule has 0 radical (unpaired) electrons. The van der Waals surface area contributed by atoms with Crippen LogP contribution in [0.5, 0.6) is 0 Å². The van der Waals surface area contributed by atoms with Gasteiger partial charge in [-0.3, -0.25) is 9.59 Å². The van der Waals surface area contributed by atoms with Crippen molar-refractivity contribution in [1.29, 1.82) is 0 Å². The first-order chi connectivity index (χ1) is 12.8. The van der Waals surface area contributed by atoms with Gasteiger partial charge in [0.05, 0.1) is 6.42 Å². The maximum Gasteiger partial charge on any atom is 0.310 e. The van der Waals surface area contributed by atoms with Crippen LogP contribution in [-0.4, -0.2) is 25.4 Å². The number of hydrogen-bond donors (Lipinski definition) is 0. The lowest BCUT2D eigenvalue weighted by Crippen LogP contribution is -2.25. The summed E-state index contributed by atoms with van der Waals surface area (Å²) in [7, 11) is 1.91. The van der Waals surface area contributed by atoms with Crippen molar-refractivity contribution in [3.05, 3.63) is 77.2 Å². The second-order valence-corrected chi connectivity index (χ2v) is 7.13. The minimum atomic E-state index is -0.630. The Labute approximate surface area is 158 Å². The van der Waals surface area contributed by atoms with Gasteiger partial charge in [0.25, 0.3) is 0 Å². The van der Waals surface area contributed by atoms with E-state index in [4.69, 9.17) is 4.74 Å². The molecule has 0 fully saturated rings. The molecular formula is C22H22FNO3. The summed E-state index contributed by atoms with van der Waals surface area (Å²) in [5, 5.41) is 0. The smallest absolute Gasteiger partial charge is 0.310 e. The number of anilines is 1. The Bertz CT molecular complexity index is 917. The van der Waals surface area contributed by atoms with Crippen molar-refractivity contribution in [2.24, 2.45) is 0 Å². The molecule has 0 spiro atoms. The molecular weight excluding hydrogens is 345 g/mol. The molecule has 2 aromatic rings. The number of carbonyl (C=O) groups excluding carboxylic acids is 2. The van der Waals surface area contributed by atoms with Crippen LogP contribution in [0.25, 0.3) is 0 Å². The number of likely N-dealkylation sites (N-methyl/N-ethyl adjacent to an activating group) is 1. The van der Waals surface area contributed by atoms with E-state index in [9.17, 15) is 14.0 Å². The first-order valence-corrected chi connectivity index (χ1v) is 8.78. The zero-order valence-corrected chi connectivity index (χ0v) is 15.7.